The lowest BCUT2D eigenvalue weighted by atomic mass is 10.1. The fourth-order valence-electron chi connectivity index (χ4n) is 2.53. The van der Waals surface area contributed by atoms with E-state index >= 15 is 0 Å². The van der Waals surface area contributed by atoms with Gasteiger partial charge in [0.25, 0.3) is 0 Å². The maximum Gasteiger partial charge on any atom is 0.120 e. The molecule has 90 valence electrons. The molecule has 0 spiro atoms. The van der Waals surface area contributed by atoms with Gasteiger partial charge < -0.3 is 15.0 Å². The van der Waals surface area contributed by atoms with Crippen molar-refractivity contribution in [1.29, 1.82) is 0 Å². The number of hydrogen-bond acceptors (Lipinski definition) is 2. The van der Waals surface area contributed by atoms with Crippen LogP contribution in [-0.2, 0) is 0 Å². The normalized spacial score (nSPS) is 19.9. The third-order valence-electron chi connectivity index (χ3n) is 3.42. The Morgan fingerprint density at radius 2 is 2.29 bits per heavy atom. The van der Waals surface area contributed by atoms with E-state index in [1.54, 1.807) is 0 Å². The van der Waals surface area contributed by atoms with E-state index in [9.17, 15) is 0 Å². The first-order valence-corrected chi connectivity index (χ1v) is 6.33. The predicted molar refractivity (Wildman–Crippen MR) is 69.7 cm³/mol. The standard InChI is InChI=1S/C14H18N2O/c1-2-17-12-3-4-13-11(7-12)8-14(16-13)10-5-6-15-9-10/h3-4,7-8,10,15-16H,2,5-6,9H2,1H3. The highest BCUT2D eigenvalue weighted by molar-refractivity contribution is 5.82. The van der Waals surface area contributed by atoms with Crippen molar-refractivity contribution in [2.45, 2.75) is 19.3 Å². The van der Waals surface area contributed by atoms with E-state index in [4.69, 9.17) is 4.74 Å². The number of benzene rings is 1. The Hall–Kier alpha value is -1.48. The van der Waals surface area contributed by atoms with Crippen molar-refractivity contribution in [3.8, 4) is 5.75 Å². The molecule has 1 saturated heterocycles. The van der Waals surface area contributed by atoms with Crippen LogP contribution in [0.25, 0.3) is 10.9 Å². The van der Waals surface area contributed by atoms with Crippen LogP contribution in [0.15, 0.2) is 24.3 Å². The molecule has 1 atom stereocenters. The van der Waals surface area contributed by atoms with Crippen molar-refractivity contribution < 1.29 is 4.74 Å². The summed E-state index contributed by atoms with van der Waals surface area (Å²) in [6, 6.07) is 8.50. The molecule has 0 saturated carbocycles. The van der Waals surface area contributed by atoms with Gasteiger partial charge in [0.05, 0.1) is 6.61 Å². The number of fused-ring (bicyclic) bond motifs is 1. The quantitative estimate of drug-likeness (QED) is 0.850. The molecule has 2 N–H and O–H groups in total. The molecular formula is C14H18N2O. The van der Waals surface area contributed by atoms with Gasteiger partial charge in [-0.1, -0.05) is 0 Å². The second kappa shape index (κ2) is 4.41. The largest absolute Gasteiger partial charge is 0.494 e. The van der Waals surface area contributed by atoms with Gasteiger partial charge in [-0.15, -0.1) is 0 Å². The van der Waals surface area contributed by atoms with Crippen LogP contribution in [-0.4, -0.2) is 24.7 Å². The van der Waals surface area contributed by atoms with Crippen LogP contribution in [0.4, 0.5) is 0 Å². The zero-order valence-corrected chi connectivity index (χ0v) is 10.1. The van der Waals surface area contributed by atoms with Gasteiger partial charge in [-0.25, -0.2) is 0 Å². The second-order valence-corrected chi connectivity index (χ2v) is 4.60. The van der Waals surface area contributed by atoms with Gasteiger partial charge in [-0.2, -0.15) is 0 Å². The smallest absolute Gasteiger partial charge is 0.120 e. The average molecular weight is 230 g/mol. The van der Waals surface area contributed by atoms with Gasteiger partial charge in [-0.05, 0) is 44.2 Å². The molecule has 1 fully saturated rings. The summed E-state index contributed by atoms with van der Waals surface area (Å²) in [6.45, 7) is 4.95. The molecule has 0 amide bonds. The summed E-state index contributed by atoms with van der Waals surface area (Å²) in [5.41, 5.74) is 2.55. The maximum absolute atomic E-state index is 5.52. The maximum atomic E-state index is 5.52. The first kappa shape index (κ1) is 10.7. The summed E-state index contributed by atoms with van der Waals surface area (Å²) >= 11 is 0. The zero-order chi connectivity index (χ0) is 11.7. The number of nitrogens with one attached hydrogen (secondary N) is 2. The Morgan fingerprint density at radius 1 is 1.35 bits per heavy atom. The van der Waals surface area contributed by atoms with E-state index in [-0.39, 0.29) is 0 Å². The van der Waals surface area contributed by atoms with Gasteiger partial charge in [0, 0.05) is 29.1 Å². The van der Waals surface area contributed by atoms with Gasteiger partial charge >= 0.3 is 0 Å². The predicted octanol–water partition coefficient (Wildman–Crippen LogP) is 2.64. The molecule has 0 bridgehead atoms. The van der Waals surface area contributed by atoms with Crippen LogP contribution in [0.3, 0.4) is 0 Å². The molecule has 3 heteroatoms. The summed E-state index contributed by atoms with van der Waals surface area (Å²) in [6.07, 6.45) is 1.23. The SMILES string of the molecule is CCOc1ccc2[nH]c(C3CCNC3)cc2c1. The molecule has 1 unspecified atom stereocenters. The van der Waals surface area contributed by atoms with Crippen molar-refractivity contribution in [3.05, 3.63) is 30.0 Å². The molecular weight excluding hydrogens is 212 g/mol. The van der Waals surface area contributed by atoms with Gasteiger partial charge in [0.15, 0.2) is 0 Å². The van der Waals surface area contributed by atoms with E-state index in [0.717, 1.165) is 25.4 Å². The van der Waals surface area contributed by atoms with Crippen LogP contribution in [0.2, 0.25) is 0 Å². The second-order valence-electron chi connectivity index (χ2n) is 4.60. The molecule has 17 heavy (non-hydrogen) atoms. The number of rotatable bonds is 3. The fourth-order valence-corrected chi connectivity index (χ4v) is 2.53. The van der Waals surface area contributed by atoms with Gasteiger partial charge in [0.1, 0.15) is 5.75 Å². The minimum atomic E-state index is 0.637. The molecule has 1 aliphatic heterocycles. The lowest BCUT2D eigenvalue weighted by molar-refractivity contribution is 0.341. The summed E-state index contributed by atoms with van der Waals surface area (Å²) in [5.74, 6) is 1.59. The summed E-state index contributed by atoms with van der Waals surface area (Å²) in [4.78, 5) is 3.51. The Morgan fingerprint density at radius 3 is 3.06 bits per heavy atom. The first-order chi connectivity index (χ1) is 8.36. The number of ether oxygens (including phenoxy) is 1. The highest BCUT2D eigenvalue weighted by atomic mass is 16.5. The average Bonchev–Trinajstić information content (AvgIpc) is 2.97. The Kier molecular flexibility index (Phi) is 2.77. The van der Waals surface area contributed by atoms with Crippen LogP contribution in [0, 0.1) is 0 Å². The fraction of sp³-hybridized carbons (Fsp3) is 0.429. The highest BCUT2D eigenvalue weighted by Gasteiger charge is 2.18. The van der Waals surface area contributed by atoms with Crippen molar-refractivity contribution in [1.82, 2.24) is 10.3 Å². The summed E-state index contributed by atoms with van der Waals surface area (Å²) in [7, 11) is 0. The molecule has 3 nitrogen and oxygen atoms in total. The van der Waals surface area contributed by atoms with Crippen molar-refractivity contribution in [2.24, 2.45) is 0 Å². The lowest BCUT2D eigenvalue weighted by Gasteiger charge is -2.03. The van der Waals surface area contributed by atoms with Crippen LogP contribution in [0.1, 0.15) is 25.0 Å². The topological polar surface area (TPSA) is 37.0 Å². The van der Waals surface area contributed by atoms with Crippen molar-refractivity contribution in [2.75, 3.05) is 19.7 Å². The summed E-state index contributed by atoms with van der Waals surface area (Å²) < 4.78 is 5.52. The zero-order valence-electron chi connectivity index (χ0n) is 10.1. The number of H-pyrrole nitrogens is 1. The molecule has 2 aromatic rings. The van der Waals surface area contributed by atoms with Crippen LogP contribution in [0.5, 0.6) is 5.75 Å². The Labute approximate surface area is 101 Å². The molecule has 0 aliphatic carbocycles. The van der Waals surface area contributed by atoms with E-state index in [1.165, 1.54) is 23.0 Å². The van der Waals surface area contributed by atoms with Crippen molar-refractivity contribution >= 4 is 10.9 Å². The summed E-state index contributed by atoms with van der Waals surface area (Å²) in [5, 5.41) is 4.65. The lowest BCUT2D eigenvalue weighted by Crippen LogP contribution is -2.07. The van der Waals surface area contributed by atoms with Crippen molar-refractivity contribution in [3.63, 3.8) is 0 Å². The highest BCUT2D eigenvalue weighted by Crippen LogP contribution is 2.27. The number of hydrogen-bond donors (Lipinski definition) is 2. The van der Waals surface area contributed by atoms with E-state index < -0.39 is 0 Å². The number of aromatic amines is 1. The third-order valence-corrected chi connectivity index (χ3v) is 3.42. The molecule has 3 rings (SSSR count). The van der Waals surface area contributed by atoms with E-state index in [1.807, 2.05) is 13.0 Å². The Balaban J connectivity index is 1.94. The van der Waals surface area contributed by atoms with Crippen LogP contribution >= 0.6 is 0 Å². The number of aromatic nitrogens is 1. The van der Waals surface area contributed by atoms with E-state index in [0.29, 0.717) is 5.92 Å². The monoisotopic (exact) mass is 230 g/mol. The van der Waals surface area contributed by atoms with E-state index in [2.05, 4.69) is 28.5 Å². The Bertz CT molecular complexity index is 512. The molecule has 2 heterocycles. The minimum absolute atomic E-state index is 0.637. The first-order valence-electron chi connectivity index (χ1n) is 6.33. The third kappa shape index (κ3) is 2.03. The van der Waals surface area contributed by atoms with Gasteiger partial charge in [-0.3, -0.25) is 0 Å². The molecule has 1 aliphatic rings. The minimum Gasteiger partial charge on any atom is -0.494 e. The molecule has 1 aromatic heterocycles. The molecule has 1 aromatic carbocycles. The van der Waals surface area contributed by atoms with Crippen LogP contribution < -0.4 is 10.1 Å². The van der Waals surface area contributed by atoms with Gasteiger partial charge in [0.2, 0.25) is 0 Å². The molecule has 0 radical (unpaired) electrons.